The van der Waals surface area contributed by atoms with E-state index in [0.717, 1.165) is 13.0 Å². The lowest BCUT2D eigenvalue weighted by Crippen LogP contribution is -2.38. The van der Waals surface area contributed by atoms with Gasteiger partial charge in [0.2, 0.25) is 0 Å². The molecule has 0 atom stereocenters. The maximum atomic E-state index is 12.3. The minimum atomic E-state index is -1.12. The smallest absolute Gasteiger partial charge is 0.322 e. The van der Waals surface area contributed by atoms with E-state index < -0.39 is 29.1 Å². The Kier molecular flexibility index (Phi) is 9.60. The molecule has 0 rings (SSSR count). The number of carbonyl (C=O) groups excluding carboxylic acids is 2. The molecular formula is C18H33N3O4. The van der Waals surface area contributed by atoms with Crippen molar-refractivity contribution in [3.8, 4) is 0 Å². The van der Waals surface area contributed by atoms with E-state index in [4.69, 9.17) is 9.47 Å². The lowest BCUT2D eigenvalue weighted by atomic mass is 10.1. The lowest BCUT2D eigenvalue weighted by Gasteiger charge is -2.25. The van der Waals surface area contributed by atoms with Crippen LogP contribution in [0.2, 0.25) is 0 Å². The van der Waals surface area contributed by atoms with Gasteiger partial charge in [0, 0.05) is 0 Å². The summed E-state index contributed by atoms with van der Waals surface area (Å²) in [6.45, 7) is 11.9. The highest BCUT2D eigenvalue weighted by molar-refractivity contribution is 5.95. The van der Waals surface area contributed by atoms with Gasteiger partial charge in [0.1, 0.15) is 11.2 Å². The van der Waals surface area contributed by atoms with Crippen molar-refractivity contribution in [2.45, 2.75) is 59.2 Å². The van der Waals surface area contributed by atoms with Gasteiger partial charge in [-0.1, -0.05) is 0 Å². The van der Waals surface area contributed by atoms with Crippen LogP contribution >= 0.6 is 0 Å². The number of hydrogen-bond acceptors (Lipinski definition) is 7. The van der Waals surface area contributed by atoms with Crippen LogP contribution in [-0.2, 0) is 19.1 Å². The largest absolute Gasteiger partial charge is 0.459 e. The summed E-state index contributed by atoms with van der Waals surface area (Å²) in [6.07, 6.45) is 0.886. The zero-order valence-corrected chi connectivity index (χ0v) is 16.9. The minimum absolute atomic E-state index is 0.0962. The van der Waals surface area contributed by atoms with Crippen molar-refractivity contribution < 1.29 is 19.1 Å². The number of aliphatic imine (C=N–C) groups is 2. The standard InChI is InChI=1S/C18H33N3O4/c1-17(2,3)24-15(22)14(16(23)25-18(4,5)6)12-20-13-19-10-9-11-21(7)8/h14H,9-12H2,1-8H3. The molecule has 0 aliphatic rings. The molecular weight excluding hydrogens is 322 g/mol. The van der Waals surface area contributed by atoms with Crippen LogP contribution in [0.5, 0.6) is 0 Å². The van der Waals surface area contributed by atoms with Crippen LogP contribution in [0, 0.1) is 5.92 Å². The summed E-state index contributed by atoms with van der Waals surface area (Å²) in [5.74, 6) is -2.43. The summed E-state index contributed by atoms with van der Waals surface area (Å²) in [5, 5.41) is 0. The summed E-state index contributed by atoms with van der Waals surface area (Å²) in [4.78, 5) is 34.6. The number of rotatable bonds is 8. The van der Waals surface area contributed by atoms with Crippen LogP contribution in [0.25, 0.3) is 0 Å². The summed E-state index contributed by atoms with van der Waals surface area (Å²) in [7, 11) is 3.98. The number of nitrogens with zero attached hydrogens (tertiary/aromatic N) is 3. The zero-order chi connectivity index (χ0) is 19.7. The van der Waals surface area contributed by atoms with E-state index >= 15 is 0 Å². The first-order valence-electron chi connectivity index (χ1n) is 8.50. The summed E-state index contributed by atoms with van der Waals surface area (Å²) in [6, 6.07) is 2.54. The summed E-state index contributed by atoms with van der Waals surface area (Å²) >= 11 is 0. The Bertz CT molecular complexity index is 467. The van der Waals surface area contributed by atoms with Crippen molar-refractivity contribution in [2.75, 3.05) is 33.7 Å². The van der Waals surface area contributed by atoms with Crippen molar-refractivity contribution in [2.24, 2.45) is 15.9 Å². The predicted octanol–water partition coefficient (Wildman–Crippen LogP) is 2.41. The Morgan fingerprint density at radius 3 is 1.84 bits per heavy atom. The van der Waals surface area contributed by atoms with Gasteiger partial charge in [-0.15, -0.1) is 0 Å². The molecule has 0 heterocycles. The first-order valence-corrected chi connectivity index (χ1v) is 8.50. The third-order valence-electron chi connectivity index (χ3n) is 2.67. The predicted molar refractivity (Wildman–Crippen MR) is 97.9 cm³/mol. The topological polar surface area (TPSA) is 80.6 Å². The summed E-state index contributed by atoms with van der Waals surface area (Å²) < 4.78 is 10.6. The minimum Gasteiger partial charge on any atom is -0.459 e. The molecule has 0 aromatic heterocycles. The highest BCUT2D eigenvalue weighted by Gasteiger charge is 2.34. The fraction of sp³-hybridized carbons (Fsp3) is 0.833. The molecule has 0 saturated carbocycles. The average molecular weight is 355 g/mol. The molecule has 7 heteroatoms. The molecule has 0 spiro atoms. The first kappa shape index (κ1) is 23.3. The Hall–Kier alpha value is -1.72. The third-order valence-corrected chi connectivity index (χ3v) is 2.67. The van der Waals surface area contributed by atoms with Crippen LogP contribution in [0.4, 0.5) is 0 Å². The highest BCUT2D eigenvalue weighted by Crippen LogP contribution is 2.16. The molecule has 0 aromatic carbocycles. The molecule has 0 bridgehead atoms. The lowest BCUT2D eigenvalue weighted by molar-refractivity contribution is -0.173. The van der Waals surface area contributed by atoms with Crippen LogP contribution in [0.3, 0.4) is 0 Å². The van der Waals surface area contributed by atoms with Gasteiger partial charge in [0.25, 0.3) is 0 Å². The maximum Gasteiger partial charge on any atom is 0.322 e. The van der Waals surface area contributed by atoms with Gasteiger partial charge >= 0.3 is 11.9 Å². The Labute approximate surface area is 151 Å². The molecule has 0 saturated heterocycles. The second kappa shape index (κ2) is 10.3. The van der Waals surface area contributed by atoms with Crippen molar-refractivity contribution in [3.63, 3.8) is 0 Å². The van der Waals surface area contributed by atoms with Gasteiger partial charge in [-0.2, -0.15) is 0 Å². The van der Waals surface area contributed by atoms with E-state index in [1.54, 1.807) is 41.5 Å². The van der Waals surface area contributed by atoms with Crippen molar-refractivity contribution in [1.82, 2.24) is 4.90 Å². The monoisotopic (exact) mass is 355 g/mol. The second-order valence-electron chi connectivity index (χ2n) is 8.10. The van der Waals surface area contributed by atoms with Crippen LogP contribution in [-0.4, -0.2) is 67.8 Å². The van der Waals surface area contributed by atoms with Crippen molar-refractivity contribution in [3.05, 3.63) is 0 Å². The highest BCUT2D eigenvalue weighted by atomic mass is 16.6. The molecule has 0 N–H and O–H groups in total. The van der Waals surface area contributed by atoms with Gasteiger partial charge in [-0.05, 0) is 68.6 Å². The number of ether oxygens (including phenoxy) is 2. The third kappa shape index (κ3) is 13.3. The molecule has 25 heavy (non-hydrogen) atoms. The van der Waals surface area contributed by atoms with Crippen LogP contribution in [0.15, 0.2) is 9.98 Å². The van der Waals surface area contributed by atoms with Crippen LogP contribution < -0.4 is 0 Å². The molecule has 0 unspecified atom stereocenters. The fourth-order valence-corrected chi connectivity index (χ4v) is 1.69. The van der Waals surface area contributed by atoms with Gasteiger partial charge in [0.15, 0.2) is 5.92 Å². The molecule has 0 amide bonds. The first-order chi connectivity index (χ1) is 11.3. The molecule has 7 nitrogen and oxygen atoms in total. The van der Waals surface area contributed by atoms with E-state index in [1.807, 2.05) is 14.1 Å². The normalized spacial score (nSPS) is 11.9. The fourth-order valence-electron chi connectivity index (χ4n) is 1.69. The van der Waals surface area contributed by atoms with E-state index in [2.05, 4.69) is 20.9 Å². The maximum absolute atomic E-state index is 12.3. The zero-order valence-electron chi connectivity index (χ0n) is 16.9. The number of hydrogen-bond donors (Lipinski definition) is 0. The van der Waals surface area contributed by atoms with E-state index in [9.17, 15) is 9.59 Å². The van der Waals surface area contributed by atoms with Gasteiger partial charge in [-0.3, -0.25) is 9.59 Å². The SMILES string of the molecule is CN(C)CCCN=C=NCC(C(=O)OC(C)(C)C)C(=O)OC(C)(C)C. The van der Waals surface area contributed by atoms with Crippen molar-refractivity contribution >= 4 is 17.9 Å². The van der Waals surface area contributed by atoms with E-state index in [1.165, 1.54) is 0 Å². The average Bonchev–Trinajstić information content (AvgIpc) is 2.37. The van der Waals surface area contributed by atoms with E-state index in [-0.39, 0.29) is 6.54 Å². The summed E-state index contributed by atoms with van der Waals surface area (Å²) in [5.41, 5.74) is -1.39. The van der Waals surface area contributed by atoms with Gasteiger partial charge in [0.05, 0.1) is 19.1 Å². The van der Waals surface area contributed by atoms with Gasteiger partial charge in [-0.25, -0.2) is 9.98 Å². The molecule has 144 valence electrons. The molecule has 0 aromatic rings. The van der Waals surface area contributed by atoms with E-state index in [0.29, 0.717) is 6.54 Å². The Morgan fingerprint density at radius 2 is 1.44 bits per heavy atom. The van der Waals surface area contributed by atoms with Crippen LogP contribution in [0.1, 0.15) is 48.0 Å². The Morgan fingerprint density at radius 1 is 0.960 bits per heavy atom. The number of carbonyl (C=O) groups is 2. The molecule has 0 fully saturated rings. The van der Waals surface area contributed by atoms with Crippen molar-refractivity contribution in [1.29, 1.82) is 0 Å². The van der Waals surface area contributed by atoms with Gasteiger partial charge < -0.3 is 14.4 Å². The molecule has 0 radical (unpaired) electrons. The molecule has 0 aliphatic heterocycles. The number of esters is 2. The quantitative estimate of drug-likeness (QED) is 0.289. The Balaban J connectivity index is 4.87. The molecule has 0 aliphatic carbocycles. The second-order valence-corrected chi connectivity index (χ2v) is 8.10.